The number of aliphatic imine (C=N–C) groups is 3. The molecule has 2 heterocycles. The molecule has 25 heavy (non-hydrogen) atoms. The quantitative estimate of drug-likeness (QED) is 0.595. The summed E-state index contributed by atoms with van der Waals surface area (Å²) in [5.74, 6) is 1.88. The summed E-state index contributed by atoms with van der Waals surface area (Å²) in [6.07, 6.45) is 13.4. The minimum Gasteiger partial charge on any atom is -0.296 e. The molecule has 0 amide bonds. The van der Waals surface area contributed by atoms with E-state index in [0.29, 0.717) is 17.0 Å². The van der Waals surface area contributed by atoms with Gasteiger partial charge in [-0.1, -0.05) is 64.0 Å². The highest BCUT2D eigenvalue weighted by atomic mass is 35.5. The zero-order valence-electron chi connectivity index (χ0n) is 16.2. The second-order valence-corrected chi connectivity index (χ2v) is 8.89. The third kappa shape index (κ3) is 4.35. The molecule has 0 aromatic carbocycles. The maximum Gasteiger partial charge on any atom is 0.151 e. The lowest BCUT2D eigenvalue weighted by molar-refractivity contribution is 0.181. The highest BCUT2D eigenvalue weighted by molar-refractivity contribution is 6.69. The van der Waals surface area contributed by atoms with Gasteiger partial charge in [0.1, 0.15) is 5.17 Å². The second-order valence-electron chi connectivity index (χ2n) is 8.50. The van der Waals surface area contributed by atoms with E-state index in [9.17, 15) is 0 Å². The molecule has 0 radical (unpaired) electrons. The van der Waals surface area contributed by atoms with Gasteiger partial charge in [-0.15, -0.1) is 0 Å². The first-order valence-corrected chi connectivity index (χ1v) is 10.7. The molecule has 0 bridgehead atoms. The number of hydrogen-bond donors (Lipinski definition) is 0. The molecule has 0 spiro atoms. The zero-order valence-corrected chi connectivity index (χ0v) is 16.9. The van der Waals surface area contributed by atoms with Crippen molar-refractivity contribution in [3.05, 3.63) is 0 Å². The van der Waals surface area contributed by atoms with Gasteiger partial charge in [0, 0.05) is 24.4 Å². The maximum atomic E-state index is 6.66. The molecular formula is C21H34ClN3. The topological polar surface area (TPSA) is 37.1 Å². The first-order chi connectivity index (χ1) is 12.0. The SMILES string of the molecule is CCCC1CCC2=NC(C)(C(C)C3CCCCC3)N=C(Cl)C2C=NC1. The third-order valence-corrected chi connectivity index (χ3v) is 6.98. The molecule has 1 fully saturated rings. The maximum absolute atomic E-state index is 6.66. The van der Waals surface area contributed by atoms with Crippen LogP contribution in [0.3, 0.4) is 0 Å². The predicted molar refractivity (Wildman–Crippen MR) is 109 cm³/mol. The number of rotatable bonds is 4. The molecule has 2 aliphatic heterocycles. The lowest BCUT2D eigenvalue weighted by atomic mass is 9.75. The van der Waals surface area contributed by atoms with Crippen molar-refractivity contribution in [2.45, 2.75) is 84.2 Å². The average Bonchev–Trinajstić information content (AvgIpc) is 2.59. The molecule has 140 valence electrons. The van der Waals surface area contributed by atoms with Crippen LogP contribution in [-0.4, -0.2) is 29.3 Å². The fourth-order valence-corrected chi connectivity index (χ4v) is 5.21. The van der Waals surface area contributed by atoms with Crippen LogP contribution in [-0.2, 0) is 0 Å². The fraction of sp³-hybridized carbons (Fsp3) is 0.857. The fourth-order valence-electron chi connectivity index (χ4n) is 4.85. The lowest BCUT2D eigenvalue weighted by Crippen LogP contribution is -2.42. The van der Waals surface area contributed by atoms with Gasteiger partial charge in [0.05, 0.1) is 5.92 Å². The van der Waals surface area contributed by atoms with Crippen molar-refractivity contribution in [1.82, 2.24) is 0 Å². The molecule has 0 saturated heterocycles. The van der Waals surface area contributed by atoms with E-state index >= 15 is 0 Å². The molecule has 1 aliphatic carbocycles. The van der Waals surface area contributed by atoms with Crippen LogP contribution in [0.25, 0.3) is 0 Å². The number of hydrogen-bond acceptors (Lipinski definition) is 3. The van der Waals surface area contributed by atoms with Crippen LogP contribution in [0.15, 0.2) is 15.0 Å². The molecule has 4 unspecified atom stereocenters. The minimum absolute atomic E-state index is 0.0240. The highest BCUT2D eigenvalue weighted by Crippen LogP contribution is 2.41. The van der Waals surface area contributed by atoms with Gasteiger partial charge in [-0.3, -0.25) is 9.98 Å². The second kappa shape index (κ2) is 8.33. The Morgan fingerprint density at radius 2 is 1.96 bits per heavy atom. The van der Waals surface area contributed by atoms with Crippen LogP contribution < -0.4 is 0 Å². The molecule has 4 atom stereocenters. The molecular weight excluding hydrogens is 330 g/mol. The van der Waals surface area contributed by atoms with Gasteiger partial charge >= 0.3 is 0 Å². The zero-order chi connectivity index (χ0) is 17.9. The molecule has 0 aromatic heterocycles. The standard InChI is InChI=1S/C21H34ClN3/c1-4-8-16-11-12-19-18(14-23-13-16)20(22)25-21(3,24-19)15(2)17-9-6-5-7-10-17/h14-18H,4-13H2,1-3H3. The average molecular weight is 364 g/mol. The Bertz CT molecular complexity index is 547. The Balaban J connectivity index is 1.81. The summed E-state index contributed by atoms with van der Waals surface area (Å²) in [4.78, 5) is 14.8. The third-order valence-electron chi connectivity index (χ3n) is 6.66. The summed E-state index contributed by atoms with van der Waals surface area (Å²) < 4.78 is 0. The van der Waals surface area contributed by atoms with Gasteiger partial charge in [-0.25, -0.2) is 4.99 Å². The number of nitrogens with zero attached hydrogens (tertiary/aromatic N) is 3. The van der Waals surface area contributed by atoms with Gasteiger partial charge < -0.3 is 0 Å². The first kappa shape index (κ1) is 19.1. The molecule has 3 nitrogen and oxygen atoms in total. The Hall–Kier alpha value is -0.700. The summed E-state index contributed by atoms with van der Waals surface area (Å²) in [5, 5.41) is 0.702. The van der Waals surface area contributed by atoms with E-state index in [4.69, 9.17) is 21.6 Å². The Morgan fingerprint density at radius 3 is 2.68 bits per heavy atom. The Kier molecular flexibility index (Phi) is 6.35. The number of fused-ring (bicyclic) bond motifs is 1. The summed E-state index contributed by atoms with van der Waals surface area (Å²) in [6.45, 7) is 7.72. The van der Waals surface area contributed by atoms with E-state index < -0.39 is 5.66 Å². The van der Waals surface area contributed by atoms with Crippen molar-refractivity contribution in [2.24, 2.45) is 38.6 Å². The summed E-state index contributed by atoms with van der Waals surface area (Å²) in [5.41, 5.74) is 0.827. The lowest BCUT2D eigenvalue weighted by Gasteiger charge is -2.40. The van der Waals surface area contributed by atoms with Crippen molar-refractivity contribution in [2.75, 3.05) is 6.54 Å². The Labute approximate surface area is 158 Å². The van der Waals surface area contributed by atoms with Gasteiger partial charge in [0.15, 0.2) is 5.66 Å². The van der Waals surface area contributed by atoms with Crippen LogP contribution >= 0.6 is 11.6 Å². The largest absolute Gasteiger partial charge is 0.296 e. The van der Waals surface area contributed by atoms with E-state index in [1.165, 1.54) is 57.1 Å². The molecule has 1 saturated carbocycles. The predicted octanol–water partition coefficient (Wildman–Crippen LogP) is 5.91. The molecule has 3 rings (SSSR count). The van der Waals surface area contributed by atoms with Gasteiger partial charge in [0.25, 0.3) is 0 Å². The Morgan fingerprint density at radius 1 is 1.20 bits per heavy atom. The van der Waals surface area contributed by atoms with Crippen molar-refractivity contribution >= 4 is 28.7 Å². The van der Waals surface area contributed by atoms with E-state index in [2.05, 4.69) is 25.8 Å². The monoisotopic (exact) mass is 363 g/mol. The van der Waals surface area contributed by atoms with Crippen LogP contribution in [0.1, 0.15) is 78.6 Å². The summed E-state index contributed by atoms with van der Waals surface area (Å²) in [7, 11) is 0. The van der Waals surface area contributed by atoms with Crippen molar-refractivity contribution < 1.29 is 0 Å². The van der Waals surface area contributed by atoms with Gasteiger partial charge in [-0.05, 0) is 38.0 Å². The molecule has 0 aromatic rings. The van der Waals surface area contributed by atoms with Gasteiger partial charge in [0.2, 0.25) is 0 Å². The van der Waals surface area contributed by atoms with Crippen LogP contribution in [0.5, 0.6) is 0 Å². The van der Waals surface area contributed by atoms with E-state index in [1.54, 1.807) is 0 Å². The summed E-state index contributed by atoms with van der Waals surface area (Å²) in [6, 6.07) is 0. The molecule has 4 heteroatoms. The van der Waals surface area contributed by atoms with Crippen LogP contribution in [0.2, 0.25) is 0 Å². The van der Waals surface area contributed by atoms with Crippen molar-refractivity contribution in [3.63, 3.8) is 0 Å². The van der Waals surface area contributed by atoms with Crippen molar-refractivity contribution in [1.29, 1.82) is 0 Å². The first-order valence-electron chi connectivity index (χ1n) is 10.4. The highest BCUT2D eigenvalue weighted by Gasteiger charge is 2.41. The van der Waals surface area contributed by atoms with E-state index in [1.807, 2.05) is 6.21 Å². The van der Waals surface area contributed by atoms with Crippen LogP contribution in [0, 0.1) is 23.7 Å². The smallest absolute Gasteiger partial charge is 0.151 e. The normalized spacial score (nSPS) is 35.2. The molecule has 3 aliphatic rings. The number of halogens is 1. The van der Waals surface area contributed by atoms with E-state index in [0.717, 1.165) is 18.9 Å². The minimum atomic E-state index is -0.391. The molecule has 0 N–H and O–H groups in total. The van der Waals surface area contributed by atoms with E-state index in [-0.39, 0.29) is 5.92 Å². The van der Waals surface area contributed by atoms with Gasteiger partial charge in [-0.2, -0.15) is 0 Å². The summed E-state index contributed by atoms with van der Waals surface area (Å²) >= 11 is 6.66. The van der Waals surface area contributed by atoms with Crippen molar-refractivity contribution in [3.8, 4) is 0 Å². The van der Waals surface area contributed by atoms with Crippen LogP contribution in [0.4, 0.5) is 0 Å².